The maximum atomic E-state index is 12.2. The van der Waals surface area contributed by atoms with E-state index >= 15 is 0 Å². The van der Waals surface area contributed by atoms with Gasteiger partial charge >= 0.3 is 0 Å². The smallest absolute Gasteiger partial charge is 0.256 e. The normalized spacial score (nSPS) is 10.5. The molecule has 6 nitrogen and oxygen atoms in total. The van der Waals surface area contributed by atoms with E-state index in [1.165, 1.54) is 18.5 Å². The minimum Gasteiger partial charge on any atom is -0.306 e. The molecular formula is C14H9Cl2N5O. The third-order valence-electron chi connectivity index (χ3n) is 2.79. The Hall–Kier alpha value is -2.44. The fourth-order valence-electron chi connectivity index (χ4n) is 1.82. The van der Waals surface area contributed by atoms with Gasteiger partial charge in [0.15, 0.2) is 0 Å². The van der Waals surface area contributed by atoms with Crippen molar-refractivity contribution in [1.82, 2.24) is 19.5 Å². The highest BCUT2D eigenvalue weighted by Gasteiger charge is 2.10. The zero-order valence-electron chi connectivity index (χ0n) is 11.1. The van der Waals surface area contributed by atoms with Gasteiger partial charge in [0.2, 0.25) is 0 Å². The molecule has 22 heavy (non-hydrogen) atoms. The van der Waals surface area contributed by atoms with Crippen LogP contribution in [0.2, 0.25) is 10.0 Å². The molecular weight excluding hydrogens is 325 g/mol. The Morgan fingerprint density at radius 3 is 2.55 bits per heavy atom. The molecule has 3 aromatic rings. The Morgan fingerprint density at radius 1 is 1.09 bits per heavy atom. The topological polar surface area (TPSA) is 72.7 Å². The molecule has 0 spiro atoms. The summed E-state index contributed by atoms with van der Waals surface area (Å²) < 4.78 is 1.70. The van der Waals surface area contributed by atoms with Gasteiger partial charge in [-0.1, -0.05) is 23.2 Å². The molecule has 0 fully saturated rings. The number of halogens is 2. The fourth-order valence-corrected chi connectivity index (χ4v) is 2.35. The number of anilines is 1. The molecule has 1 N–H and O–H groups in total. The van der Waals surface area contributed by atoms with Crippen LogP contribution in [-0.4, -0.2) is 25.4 Å². The Kier molecular flexibility index (Phi) is 4.04. The minimum absolute atomic E-state index is 0.347. The van der Waals surface area contributed by atoms with Gasteiger partial charge in [-0.15, -0.1) is 0 Å². The first-order chi connectivity index (χ1) is 10.6. The first-order valence-electron chi connectivity index (χ1n) is 6.19. The van der Waals surface area contributed by atoms with Gasteiger partial charge in [-0.3, -0.25) is 9.36 Å². The molecule has 0 aliphatic heterocycles. The number of imidazole rings is 1. The summed E-state index contributed by atoms with van der Waals surface area (Å²) in [4.78, 5) is 24.3. The number of nitrogens with zero attached hydrogens (tertiary/aromatic N) is 4. The molecule has 8 heteroatoms. The van der Waals surface area contributed by atoms with E-state index in [1.807, 2.05) is 0 Å². The minimum atomic E-state index is -0.361. The second kappa shape index (κ2) is 6.13. The highest BCUT2D eigenvalue weighted by atomic mass is 35.5. The predicted octanol–water partition coefficient (Wildman–Crippen LogP) is 3.22. The van der Waals surface area contributed by atoms with Crippen LogP contribution in [0.15, 0.2) is 49.3 Å². The fraction of sp³-hybridized carbons (Fsp3) is 0. The lowest BCUT2D eigenvalue weighted by atomic mass is 10.2. The number of nitrogens with one attached hydrogen (secondary N) is 1. The average molecular weight is 334 g/mol. The number of aromatic nitrogens is 4. The van der Waals surface area contributed by atoms with Crippen molar-refractivity contribution in [3.05, 3.63) is 64.9 Å². The lowest BCUT2D eigenvalue weighted by molar-refractivity contribution is 0.102. The van der Waals surface area contributed by atoms with Crippen LogP contribution in [0.25, 0.3) is 5.82 Å². The molecule has 0 radical (unpaired) electrons. The molecule has 0 aliphatic carbocycles. The van der Waals surface area contributed by atoms with Crippen molar-refractivity contribution < 1.29 is 4.79 Å². The van der Waals surface area contributed by atoms with Crippen molar-refractivity contribution in [1.29, 1.82) is 0 Å². The molecule has 2 heterocycles. The first-order valence-corrected chi connectivity index (χ1v) is 6.95. The SMILES string of the molecule is O=C(Nc1cc(-n2ccnc2)ncn1)c1cc(Cl)cc(Cl)c1. The number of hydrogen-bond acceptors (Lipinski definition) is 4. The Morgan fingerprint density at radius 2 is 1.86 bits per heavy atom. The van der Waals surface area contributed by atoms with Gasteiger partial charge < -0.3 is 5.32 Å². The molecule has 0 unspecified atom stereocenters. The molecule has 0 atom stereocenters. The standard InChI is InChI=1S/C14H9Cl2N5O/c15-10-3-9(4-11(16)5-10)14(22)20-12-6-13(19-7-18-12)21-2-1-17-8-21/h1-8H,(H,18,19,20,22). The molecule has 0 aliphatic rings. The van der Waals surface area contributed by atoms with Crippen molar-refractivity contribution in [2.45, 2.75) is 0 Å². The Bertz CT molecular complexity index is 800. The molecule has 110 valence electrons. The molecule has 1 aromatic carbocycles. The lowest BCUT2D eigenvalue weighted by Gasteiger charge is -2.07. The van der Waals surface area contributed by atoms with Gasteiger partial charge in [-0.25, -0.2) is 15.0 Å². The summed E-state index contributed by atoms with van der Waals surface area (Å²) >= 11 is 11.8. The number of amides is 1. The highest BCUT2D eigenvalue weighted by Crippen LogP contribution is 2.20. The molecule has 0 saturated heterocycles. The van der Waals surface area contributed by atoms with Gasteiger partial charge in [-0.05, 0) is 18.2 Å². The van der Waals surface area contributed by atoms with E-state index in [-0.39, 0.29) is 5.91 Å². The number of benzene rings is 1. The third-order valence-corrected chi connectivity index (χ3v) is 3.22. The Balaban J connectivity index is 1.84. The third kappa shape index (κ3) is 3.24. The first kappa shape index (κ1) is 14.5. The molecule has 2 aromatic heterocycles. The summed E-state index contributed by atoms with van der Waals surface area (Å²) in [7, 11) is 0. The molecule has 0 bridgehead atoms. The van der Waals surface area contributed by atoms with Gasteiger partial charge in [0.1, 0.15) is 24.3 Å². The summed E-state index contributed by atoms with van der Waals surface area (Å²) in [5.41, 5.74) is 0.347. The lowest BCUT2D eigenvalue weighted by Crippen LogP contribution is -2.13. The zero-order valence-corrected chi connectivity index (χ0v) is 12.6. The van der Waals surface area contributed by atoms with Crippen LogP contribution in [0.3, 0.4) is 0 Å². The van der Waals surface area contributed by atoms with Crippen LogP contribution in [0, 0.1) is 0 Å². The van der Waals surface area contributed by atoms with Crippen molar-refractivity contribution in [2.75, 3.05) is 5.32 Å². The summed E-state index contributed by atoms with van der Waals surface area (Å²) in [6, 6.07) is 6.24. The maximum absolute atomic E-state index is 12.2. The van der Waals surface area contributed by atoms with Crippen LogP contribution < -0.4 is 5.32 Å². The molecule has 0 saturated carbocycles. The second-order valence-electron chi connectivity index (χ2n) is 4.34. The second-order valence-corrected chi connectivity index (χ2v) is 5.22. The van der Waals surface area contributed by atoms with E-state index in [9.17, 15) is 4.79 Å². The monoisotopic (exact) mass is 333 g/mol. The summed E-state index contributed by atoms with van der Waals surface area (Å²) in [5, 5.41) is 3.45. The number of carbonyl (C=O) groups is 1. The van der Waals surface area contributed by atoms with Crippen LogP contribution in [0.1, 0.15) is 10.4 Å². The zero-order chi connectivity index (χ0) is 15.5. The molecule has 3 rings (SSSR count). The van der Waals surface area contributed by atoms with Crippen molar-refractivity contribution in [3.8, 4) is 5.82 Å². The summed E-state index contributed by atoms with van der Waals surface area (Å²) in [6.07, 6.45) is 6.33. The van der Waals surface area contributed by atoms with Crippen molar-refractivity contribution in [3.63, 3.8) is 0 Å². The van der Waals surface area contributed by atoms with Crippen molar-refractivity contribution >= 4 is 34.9 Å². The van der Waals surface area contributed by atoms with E-state index in [1.54, 1.807) is 35.4 Å². The van der Waals surface area contributed by atoms with Gasteiger partial charge in [-0.2, -0.15) is 0 Å². The van der Waals surface area contributed by atoms with E-state index in [2.05, 4.69) is 20.3 Å². The van der Waals surface area contributed by atoms with E-state index < -0.39 is 0 Å². The quantitative estimate of drug-likeness (QED) is 0.798. The Labute approximate surface area is 135 Å². The average Bonchev–Trinajstić information content (AvgIpc) is 3.00. The number of hydrogen-bond donors (Lipinski definition) is 1. The maximum Gasteiger partial charge on any atom is 0.256 e. The van der Waals surface area contributed by atoms with Gasteiger partial charge in [0, 0.05) is 34.1 Å². The van der Waals surface area contributed by atoms with Gasteiger partial charge in [0.05, 0.1) is 0 Å². The van der Waals surface area contributed by atoms with Crippen LogP contribution in [-0.2, 0) is 0 Å². The van der Waals surface area contributed by atoms with Crippen LogP contribution in [0.4, 0.5) is 5.82 Å². The largest absolute Gasteiger partial charge is 0.306 e. The van der Waals surface area contributed by atoms with Crippen LogP contribution in [0.5, 0.6) is 0 Å². The van der Waals surface area contributed by atoms with Crippen LogP contribution >= 0.6 is 23.2 Å². The predicted molar refractivity (Wildman–Crippen MR) is 83.6 cm³/mol. The van der Waals surface area contributed by atoms with Gasteiger partial charge in [0.25, 0.3) is 5.91 Å². The number of rotatable bonds is 3. The van der Waals surface area contributed by atoms with E-state index in [0.717, 1.165) is 0 Å². The van der Waals surface area contributed by atoms with E-state index in [0.29, 0.717) is 27.2 Å². The highest BCUT2D eigenvalue weighted by molar-refractivity contribution is 6.35. The summed E-state index contributed by atoms with van der Waals surface area (Å²) in [6.45, 7) is 0. The summed E-state index contributed by atoms with van der Waals surface area (Å²) in [5.74, 6) is 0.589. The number of carbonyl (C=O) groups excluding carboxylic acids is 1. The van der Waals surface area contributed by atoms with E-state index in [4.69, 9.17) is 23.2 Å². The van der Waals surface area contributed by atoms with Crippen molar-refractivity contribution in [2.24, 2.45) is 0 Å². The molecule has 1 amide bonds.